The number of nitrogens with zero attached hydrogens (tertiary/aromatic N) is 4. The molecule has 0 spiro atoms. The maximum atomic E-state index is 10.7. The van der Waals surface area contributed by atoms with Gasteiger partial charge in [0.1, 0.15) is 11.2 Å². The lowest BCUT2D eigenvalue weighted by atomic mass is 10.3. The van der Waals surface area contributed by atoms with Crippen LogP contribution in [0.15, 0.2) is 12.4 Å². The maximum absolute atomic E-state index is 10.7. The molecule has 0 saturated heterocycles. The van der Waals surface area contributed by atoms with Gasteiger partial charge in [-0.1, -0.05) is 18.5 Å². The molecule has 0 unspecified atom stereocenters. The third kappa shape index (κ3) is 1.61. The van der Waals surface area contributed by atoms with Crippen molar-refractivity contribution in [2.75, 3.05) is 0 Å². The summed E-state index contributed by atoms with van der Waals surface area (Å²) in [6.45, 7) is 2.73. The molecule has 0 saturated carbocycles. The van der Waals surface area contributed by atoms with E-state index >= 15 is 0 Å². The van der Waals surface area contributed by atoms with Gasteiger partial charge in [-0.15, -0.1) is 0 Å². The molecule has 16 heavy (non-hydrogen) atoms. The smallest absolute Gasteiger partial charge is 0.258 e. The first-order valence-corrected chi connectivity index (χ1v) is 5.17. The minimum Gasteiger partial charge on any atom is -0.258 e. The van der Waals surface area contributed by atoms with Crippen molar-refractivity contribution < 1.29 is 4.92 Å². The lowest BCUT2D eigenvalue weighted by Crippen LogP contribution is -2.00. The fraction of sp³-hybridized carbons (Fsp3) is 0.333. The van der Waals surface area contributed by atoms with Crippen LogP contribution in [0.2, 0.25) is 5.02 Å². The lowest BCUT2D eigenvalue weighted by Gasteiger charge is -2.00. The Morgan fingerprint density at radius 2 is 2.31 bits per heavy atom. The summed E-state index contributed by atoms with van der Waals surface area (Å²) in [5.41, 5.74) is 0.391. The second-order valence-electron chi connectivity index (χ2n) is 3.32. The van der Waals surface area contributed by atoms with Gasteiger partial charge in [-0.3, -0.25) is 10.1 Å². The van der Waals surface area contributed by atoms with E-state index in [0.29, 0.717) is 17.6 Å². The molecule has 0 N–H and O–H groups in total. The fourth-order valence-corrected chi connectivity index (χ4v) is 1.74. The van der Waals surface area contributed by atoms with E-state index in [1.165, 1.54) is 12.4 Å². The predicted octanol–water partition coefficient (Wildman–Crippen LogP) is 2.40. The Morgan fingerprint density at radius 1 is 1.56 bits per heavy atom. The van der Waals surface area contributed by atoms with Crippen LogP contribution in [-0.2, 0) is 6.54 Å². The largest absolute Gasteiger partial charge is 0.306 e. The molecule has 2 rings (SSSR count). The Labute approximate surface area is 96.0 Å². The molecule has 6 nitrogen and oxygen atoms in total. The van der Waals surface area contributed by atoms with E-state index in [1.807, 2.05) is 6.92 Å². The Kier molecular flexibility index (Phi) is 2.74. The van der Waals surface area contributed by atoms with Crippen LogP contribution < -0.4 is 0 Å². The van der Waals surface area contributed by atoms with E-state index in [4.69, 9.17) is 11.6 Å². The van der Waals surface area contributed by atoms with Crippen LogP contribution in [0.3, 0.4) is 0 Å². The third-order valence-electron chi connectivity index (χ3n) is 2.21. The van der Waals surface area contributed by atoms with E-state index in [-0.39, 0.29) is 10.7 Å². The molecule has 0 aromatic carbocycles. The van der Waals surface area contributed by atoms with Crippen molar-refractivity contribution in [2.45, 2.75) is 19.9 Å². The van der Waals surface area contributed by atoms with Crippen molar-refractivity contribution in [3.8, 4) is 0 Å². The summed E-state index contributed by atoms with van der Waals surface area (Å²) in [4.78, 5) is 14.1. The van der Waals surface area contributed by atoms with Gasteiger partial charge in [-0.2, -0.15) is 5.10 Å². The molecular weight excluding hydrogens is 232 g/mol. The Morgan fingerprint density at radius 3 is 2.94 bits per heavy atom. The van der Waals surface area contributed by atoms with E-state index in [0.717, 1.165) is 6.42 Å². The van der Waals surface area contributed by atoms with Crippen LogP contribution in [0.25, 0.3) is 11.0 Å². The highest BCUT2D eigenvalue weighted by molar-refractivity contribution is 6.37. The van der Waals surface area contributed by atoms with Gasteiger partial charge in [0.15, 0.2) is 5.65 Å². The standard InChI is InChI=1S/C9H9ClN4O2/c1-2-3-13-9-6(4-12-13)8(10)7(5-11-9)14(15)16/h4-5H,2-3H2,1H3. The molecular formula is C9H9ClN4O2. The molecule has 0 amide bonds. The number of hydrogen-bond donors (Lipinski definition) is 0. The first-order chi connectivity index (χ1) is 7.65. The summed E-state index contributed by atoms with van der Waals surface area (Å²) in [7, 11) is 0. The summed E-state index contributed by atoms with van der Waals surface area (Å²) in [6.07, 6.45) is 3.58. The van der Waals surface area contributed by atoms with Crippen LogP contribution in [0.4, 0.5) is 5.69 Å². The Bertz CT molecular complexity index is 552. The van der Waals surface area contributed by atoms with E-state index in [9.17, 15) is 10.1 Å². The zero-order valence-corrected chi connectivity index (χ0v) is 9.31. The average Bonchev–Trinajstić information content (AvgIpc) is 2.63. The van der Waals surface area contributed by atoms with Gasteiger partial charge in [0.2, 0.25) is 0 Å². The van der Waals surface area contributed by atoms with E-state index in [2.05, 4.69) is 10.1 Å². The molecule has 0 aliphatic carbocycles. The third-order valence-corrected chi connectivity index (χ3v) is 2.61. The molecule has 0 fully saturated rings. The number of pyridine rings is 1. The van der Waals surface area contributed by atoms with Crippen LogP contribution in [0.5, 0.6) is 0 Å². The van der Waals surface area contributed by atoms with Gasteiger partial charge < -0.3 is 0 Å². The molecule has 0 bridgehead atoms. The molecule has 2 aromatic heterocycles. The molecule has 84 valence electrons. The number of aromatic nitrogens is 3. The van der Waals surface area contributed by atoms with Crippen LogP contribution in [0, 0.1) is 10.1 Å². The van der Waals surface area contributed by atoms with Gasteiger partial charge in [-0.05, 0) is 6.42 Å². The predicted molar refractivity (Wildman–Crippen MR) is 59.5 cm³/mol. The monoisotopic (exact) mass is 240 g/mol. The summed E-state index contributed by atoms with van der Waals surface area (Å²) < 4.78 is 1.69. The van der Waals surface area contributed by atoms with Crippen molar-refractivity contribution in [3.63, 3.8) is 0 Å². The second-order valence-corrected chi connectivity index (χ2v) is 3.70. The Hall–Kier alpha value is -1.69. The number of nitro groups is 1. The normalized spacial score (nSPS) is 10.9. The maximum Gasteiger partial charge on any atom is 0.306 e. The molecule has 7 heteroatoms. The highest BCUT2D eigenvalue weighted by Crippen LogP contribution is 2.30. The van der Waals surface area contributed by atoms with Gasteiger partial charge in [0, 0.05) is 6.54 Å². The number of aryl methyl sites for hydroxylation is 1. The van der Waals surface area contributed by atoms with Gasteiger partial charge in [0.25, 0.3) is 0 Å². The van der Waals surface area contributed by atoms with Crippen molar-refractivity contribution >= 4 is 28.3 Å². The number of hydrogen-bond acceptors (Lipinski definition) is 4. The minimum absolute atomic E-state index is 0.0948. The first-order valence-electron chi connectivity index (χ1n) is 4.79. The van der Waals surface area contributed by atoms with Crippen LogP contribution in [-0.4, -0.2) is 19.7 Å². The van der Waals surface area contributed by atoms with Crippen molar-refractivity contribution in [1.29, 1.82) is 0 Å². The highest BCUT2D eigenvalue weighted by Gasteiger charge is 2.18. The van der Waals surface area contributed by atoms with Gasteiger partial charge >= 0.3 is 5.69 Å². The topological polar surface area (TPSA) is 73.8 Å². The molecule has 0 atom stereocenters. The zero-order valence-electron chi connectivity index (χ0n) is 8.55. The molecule has 0 radical (unpaired) electrons. The molecule has 0 aliphatic heterocycles. The zero-order chi connectivity index (χ0) is 11.7. The molecule has 2 aromatic rings. The number of rotatable bonds is 3. The summed E-state index contributed by atoms with van der Waals surface area (Å²) in [5, 5.41) is 15.4. The van der Waals surface area contributed by atoms with Crippen LogP contribution >= 0.6 is 11.6 Å². The number of fused-ring (bicyclic) bond motifs is 1. The Balaban J connectivity index is 2.64. The average molecular weight is 241 g/mol. The quantitative estimate of drug-likeness (QED) is 0.610. The second kappa shape index (κ2) is 4.05. The fourth-order valence-electron chi connectivity index (χ4n) is 1.49. The van der Waals surface area contributed by atoms with Crippen molar-refractivity contribution in [3.05, 3.63) is 27.5 Å². The summed E-state index contributed by atoms with van der Waals surface area (Å²) in [5.74, 6) is 0. The van der Waals surface area contributed by atoms with E-state index in [1.54, 1.807) is 4.68 Å². The SMILES string of the molecule is CCCn1ncc2c(Cl)c([N+](=O)[O-])cnc21. The molecule has 0 aliphatic rings. The summed E-state index contributed by atoms with van der Waals surface area (Å²) in [6, 6.07) is 0. The van der Waals surface area contributed by atoms with Crippen molar-refractivity contribution in [2.24, 2.45) is 0 Å². The molecule has 2 heterocycles. The minimum atomic E-state index is -0.550. The number of halogens is 1. The lowest BCUT2D eigenvalue weighted by molar-refractivity contribution is -0.384. The van der Waals surface area contributed by atoms with Crippen molar-refractivity contribution in [1.82, 2.24) is 14.8 Å². The van der Waals surface area contributed by atoms with Gasteiger partial charge in [-0.25, -0.2) is 9.67 Å². The highest BCUT2D eigenvalue weighted by atomic mass is 35.5. The first kappa shape index (κ1) is 10.8. The van der Waals surface area contributed by atoms with Gasteiger partial charge in [0.05, 0.1) is 16.5 Å². The van der Waals surface area contributed by atoms with E-state index < -0.39 is 4.92 Å². The van der Waals surface area contributed by atoms with Crippen LogP contribution in [0.1, 0.15) is 13.3 Å². The summed E-state index contributed by atoms with van der Waals surface area (Å²) >= 11 is 5.92.